The van der Waals surface area contributed by atoms with E-state index in [0.717, 1.165) is 10.4 Å². The molecule has 2 N–H and O–H groups in total. The van der Waals surface area contributed by atoms with E-state index in [9.17, 15) is 18.5 Å². The van der Waals surface area contributed by atoms with Crippen LogP contribution in [0.1, 0.15) is 6.42 Å². The Labute approximate surface area is 127 Å². The molecule has 118 valence electrons. The summed E-state index contributed by atoms with van der Waals surface area (Å²) in [5.74, 6) is 0. The van der Waals surface area contributed by atoms with Crippen molar-refractivity contribution in [3.8, 4) is 0 Å². The lowest BCUT2D eigenvalue weighted by atomic mass is 10.2. The lowest BCUT2D eigenvalue weighted by Gasteiger charge is -2.14. The van der Waals surface area contributed by atoms with E-state index in [1.165, 1.54) is 20.2 Å². The molecule has 0 aromatic heterocycles. The van der Waals surface area contributed by atoms with E-state index in [0.29, 0.717) is 13.0 Å². The van der Waals surface area contributed by atoms with Crippen molar-refractivity contribution in [3.05, 3.63) is 27.3 Å². The third-order valence-corrected chi connectivity index (χ3v) is 4.94. The molecule has 1 aromatic carbocycles. The summed E-state index contributed by atoms with van der Waals surface area (Å²) in [7, 11) is -1.26. The van der Waals surface area contributed by atoms with Crippen LogP contribution < -0.4 is 5.32 Å². The van der Waals surface area contributed by atoms with Gasteiger partial charge in [-0.1, -0.05) is 11.6 Å². The number of nitro groups is 1. The molecule has 8 nitrogen and oxygen atoms in total. The average Bonchev–Trinajstić information content (AvgIpc) is 2.38. The molecule has 1 rings (SSSR count). The highest BCUT2D eigenvalue weighted by Crippen LogP contribution is 2.34. The minimum Gasteiger partial charge on any atom is -0.396 e. The van der Waals surface area contributed by atoms with E-state index >= 15 is 0 Å². The van der Waals surface area contributed by atoms with Gasteiger partial charge in [0.2, 0.25) is 10.0 Å². The van der Waals surface area contributed by atoms with E-state index in [1.54, 1.807) is 0 Å². The first-order chi connectivity index (χ1) is 9.71. The molecule has 1 aromatic rings. The Morgan fingerprint density at radius 3 is 2.52 bits per heavy atom. The van der Waals surface area contributed by atoms with Gasteiger partial charge in [-0.2, -0.15) is 0 Å². The van der Waals surface area contributed by atoms with Crippen molar-refractivity contribution in [1.29, 1.82) is 0 Å². The van der Waals surface area contributed by atoms with Gasteiger partial charge in [-0.15, -0.1) is 0 Å². The number of anilines is 1. The zero-order valence-electron chi connectivity index (χ0n) is 11.5. The van der Waals surface area contributed by atoms with Gasteiger partial charge in [0.1, 0.15) is 10.6 Å². The first-order valence-electron chi connectivity index (χ1n) is 5.97. The van der Waals surface area contributed by atoms with Crippen molar-refractivity contribution in [2.75, 3.05) is 32.6 Å². The zero-order chi connectivity index (χ0) is 16.2. The van der Waals surface area contributed by atoms with Crippen molar-refractivity contribution < 1.29 is 18.4 Å². The molecule has 0 atom stereocenters. The molecule has 0 saturated carbocycles. The Bertz CT molecular complexity index is 633. The third-order valence-electron chi connectivity index (χ3n) is 2.66. The van der Waals surface area contributed by atoms with Gasteiger partial charge in [0.05, 0.1) is 9.95 Å². The predicted molar refractivity (Wildman–Crippen MR) is 79.2 cm³/mol. The first-order valence-corrected chi connectivity index (χ1v) is 7.78. The molecule has 0 aliphatic heterocycles. The fourth-order valence-corrected chi connectivity index (χ4v) is 2.95. The van der Waals surface area contributed by atoms with Crippen LogP contribution in [0.5, 0.6) is 0 Å². The number of halogens is 1. The molecular weight excluding hydrogens is 322 g/mol. The Morgan fingerprint density at radius 1 is 1.43 bits per heavy atom. The molecule has 0 radical (unpaired) electrons. The van der Waals surface area contributed by atoms with Gasteiger partial charge in [0.25, 0.3) is 5.69 Å². The number of nitrogens with one attached hydrogen (secondary N) is 1. The molecule has 10 heteroatoms. The van der Waals surface area contributed by atoms with Crippen LogP contribution in [0.15, 0.2) is 17.0 Å². The van der Waals surface area contributed by atoms with Crippen molar-refractivity contribution in [1.82, 2.24) is 4.31 Å². The minimum absolute atomic E-state index is 0.0678. The summed E-state index contributed by atoms with van der Waals surface area (Å²) in [5, 5.41) is 22.4. The lowest BCUT2D eigenvalue weighted by Crippen LogP contribution is -2.22. The third kappa shape index (κ3) is 4.03. The number of sulfonamides is 1. The average molecular weight is 338 g/mol. The maximum absolute atomic E-state index is 12.1. The van der Waals surface area contributed by atoms with Gasteiger partial charge in [-0.3, -0.25) is 10.1 Å². The molecule has 0 fully saturated rings. The molecule has 0 amide bonds. The maximum atomic E-state index is 12.1. The molecule has 21 heavy (non-hydrogen) atoms. The van der Waals surface area contributed by atoms with Crippen LogP contribution in [0.3, 0.4) is 0 Å². The van der Waals surface area contributed by atoms with Gasteiger partial charge in [-0.25, -0.2) is 12.7 Å². The van der Waals surface area contributed by atoms with E-state index in [4.69, 9.17) is 16.7 Å². The second-order valence-corrected chi connectivity index (χ2v) is 6.88. The van der Waals surface area contributed by atoms with Crippen molar-refractivity contribution in [3.63, 3.8) is 0 Å². The normalized spacial score (nSPS) is 11.7. The summed E-state index contributed by atoms with van der Waals surface area (Å²) in [5.41, 5.74) is -0.283. The Balaban J connectivity index is 3.34. The van der Waals surface area contributed by atoms with E-state index < -0.39 is 20.6 Å². The topological polar surface area (TPSA) is 113 Å². The van der Waals surface area contributed by atoms with Gasteiger partial charge >= 0.3 is 0 Å². The zero-order valence-corrected chi connectivity index (χ0v) is 13.1. The number of benzene rings is 1. The van der Waals surface area contributed by atoms with Crippen LogP contribution in [0, 0.1) is 10.1 Å². The fraction of sp³-hybridized carbons (Fsp3) is 0.455. The molecular formula is C11H16ClN3O5S. The van der Waals surface area contributed by atoms with Crippen LogP contribution in [0.4, 0.5) is 11.4 Å². The molecule has 0 saturated heterocycles. The largest absolute Gasteiger partial charge is 0.396 e. The SMILES string of the molecule is CN(C)S(=O)(=O)c1cc([N+](=O)[O-])c(NCCCO)cc1Cl. The van der Waals surface area contributed by atoms with Gasteiger partial charge in [0, 0.05) is 33.3 Å². The van der Waals surface area contributed by atoms with Crippen LogP contribution in [0.25, 0.3) is 0 Å². The van der Waals surface area contributed by atoms with E-state index in [2.05, 4.69) is 5.32 Å². The molecule has 0 spiro atoms. The van der Waals surface area contributed by atoms with Gasteiger partial charge < -0.3 is 10.4 Å². The number of rotatable bonds is 7. The summed E-state index contributed by atoms with van der Waals surface area (Å²) >= 11 is 5.93. The molecule has 0 bridgehead atoms. The standard InChI is InChI=1S/C11H16ClN3O5S/c1-14(2)21(19,20)11-7-10(15(17)18)9(6-8(11)12)13-4-3-5-16/h6-7,13,16H,3-5H2,1-2H3. The predicted octanol–water partition coefficient (Wildman–Crippen LogP) is 1.29. The number of nitrogens with zero attached hydrogens (tertiary/aromatic N) is 2. The second kappa shape index (κ2) is 7.03. The van der Waals surface area contributed by atoms with Crippen LogP contribution >= 0.6 is 11.6 Å². The lowest BCUT2D eigenvalue weighted by molar-refractivity contribution is -0.384. The number of aliphatic hydroxyl groups excluding tert-OH is 1. The number of nitro benzene ring substituents is 1. The van der Waals surface area contributed by atoms with E-state index in [1.807, 2.05) is 0 Å². The van der Waals surface area contributed by atoms with Crippen LogP contribution in [0.2, 0.25) is 5.02 Å². The van der Waals surface area contributed by atoms with Crippen molar-refractivity contribution in [2.24, 2.45) is 0 Å². The molecule has 0 unspecified atom stereocenters. The molecule has 0 aliphatic rings. The number of hydrogen-bond acceptors (Lipinski definition) is 6. The van der Waals surface area contributed by atoms with Gasteiger partial charge in [-0.05, 0) is 12.5 Å². The highest BCUT2D eigenvalue weighted by molar-refractivity contribution is 7.89. The smallest absolute Gasteiger partial charge is 0.293 e. The number of aliphatic hydroxyl groups is 1. The summed E-state index contributed by atoms with van der Waals surface area (Å²) in [6.45, 7) is 0.231. The van der Waals surface area contributed by atoms with Crippen molar-refractivity contribution >= 4 is 33.0 Å². The highest BCUT2D eigenvalue weighted by Gasteiger charge is 2.26. The first kappa shape index (κ1) is 17.6. The summed E-state index contributed by atoms with van der Waals surface area (Å²) < 4.78 is 25.1. The molecule has 0 aliphatic carbocycles. The summed E-state index contributed by atoms with van der Waals surface area (Å²) in [6.07, 6.45) is 0.395. The van der Waals surface area contributed by atoms with Crippen LogP contribution in [-0.2, 0) is 10.0 Å². The number of hydrogen-bond donors (Lipinski definition) is 2. The highest BCUT2D eigenvalue weighted by atomic mass is 35.5. The van der Waals surface area contributed by atoms with Crippen molar-refractivity contribution in [2.45, 2.75) is 11.3 Å². The Kier molecular flexibility index (Phi) is 5.90. The summed E-state index contributed by atoms with van der Waals surface area (Å²) in [6, 6.07) is 2.13. The van der Waals surface area contributed by atoms with E-state index in [-0.39, 0.29) is 22.2 Å². The fourth-order valence-electron chi connectivity index (χ4n) is 1.53. The Morgan fingerprint density at radius 2 is 2.05 bits per heavy atom. The molecule has 0 heterocycles. The summed E-state index contributed by atoms with van der Waals surface area (Å²) in [4.78, 5) is 10.1. The maximum Gasteiger partial charge on any atom is 0.293 e. The second-order valence-electron chi connectivity index (χ2n) is 4.35. The minimum atomic E-state index is -3.88. The van der Waals surface area contributed by atoms with Gasteiger partial charge in [0.15, 0.2) is 0 Å². The quantitative estimate of drug-likeness (QED) is 0.440. The monoisotopic (exact) mass is 337 g/mol. The van der Waals surface area contributed by atoms with Crippen LogP contribution in [-0.4, -0.2) is 50.0 Å². The Hall–Kier alpha value is -1.42.